The molecule has 0 saturated carbocycles. The molecule has 1 rings (SSSR count). The zero-order valence-electron chi connectivity index (χ0n) is 9.36. The first-order valence-electron chi connectivity index (χ1n) is 5.49. The maximum atomic E-state index is 9.96. The average molecular weight is 208 g/mol. The number of carboxylic acids is 1. The predicted molar refractivity (Wildman–Crippen MR) is 62.8 cm³/mol. The summed E-state index contributed by atoms with van der Waals surface area (Å²) in [6.07, 6.45) is 4.55. The van der Waals surface area contributed by atoms with Crippen LogP contribution in [-0.2, 0) is 4.79 Å². The Labute approximate surface area is 91.9 Å². The van der Waals surface area contributed by atoms with E-state index in [9.17, 15) is 4.79 Å². The van der Waals surface area contributed by atoms with Crippen molar-refractivity contribution in [3.8, 4) is 0 Å². The van der Waals surface area contributed by atoms with E-state index in [1.165, 1.54) is 6.42 Å². The first-order valence-corrected chi connectivity index (χ1v) is 5.49. The number of carboxylic acid groups (broad SMARTS) is 1. The molecule has 0 unspecified atom stereocenters. The second-order valence-electron chi connectivity index (χ2n) is 3.36. The zero-order valence-corrected chi connectivity index (χ0v) is 9.36. The van der Waals surface area contributed by atoms with Gasteiger partial charge in [0, 0.05) is 6.42 Å². The molecule has 0 atom stereocenters. The van der Waals surface area contributed by atoms with E-state index >= 15 is 0 Å². The fourth-order valence-corrected chi connectivity index (χ4v) is 1.09. The summed E-state index contributed by atoms with van der Waals surface area (Å²) in [5, 5.41) is 8.21. The van der Waals surface area contributed by atoms with E-state index in [0.717, 1.165) is 19.3 Å². The minimum absolute atomic E-state index is 0.333. The SMILES string of the molecule is CCCCCCC(=O)O.c1ccccc1. The van der Waals surface area contributed by atoms with Crippen molar-refractivity contribution in [2.45, 2.75) is 39.0 Å². The summed E-state index contributed by atoms with van der Waals surface area (Å²) in [7, 11) is 0. The van der Waals surface area contributed by atoms with Crippen molar-refractivity contribution in [2.24, 2.45) is 0 Å². The molecule has 84 valence electrons. The Morgan fingerprint density at radius 2 is 1.40 bits per heavy atom. The van der Waals surface area contributed by atoms with Crippen LogP contribution in [0.1, 0.15) is 39.0 Å². The number of hydrogen-bond acceptors (Lipinski definition) is 1. The maximum Gasteiger partial charge on any atom is 0.303 e. The van der Waals surface area contributed by atoms with Gasteiger partial charge in [0.05, 0.1) is 0 Å². The highest BCUT2D eigenvalue weighted by atomic mass is 16.4. The standard InChI is InChI=1S/C7H14O2.C6H6/c1-2-3-4-5-6-7(8)9;1-2-4-6-5-3-1/h2-6H2,1H3,(H,8,9);1-6H. The van der Waals surface area contributed by atoms with Crippen molar-refractivity contribution in [3.05, 3.63) is 36.4 Å². The van der Waals surface area contributed by atoms with E-state index in [1.54, 1.807) is 0 Å². The molecule has 1 aromatic rings. The minimum Gasteiger partial charge on any atom is -0.481 e. The molecule has 0 spiro atoms. The fourth-order valence-electron chi connectivity index (χ4n) is 1.09. The second kappa shape index (κ2) is 10.8. The molecule has 0 aliphatic heterocycles. The second-order valence-corrected chi connectivity index (χ2v) is 3.36. The molecule has 0 amide bonds. The van der Waals surface area contributed by atoms with Crippen LogP contribution in [0.3, 0.4) is 0 Å². The first kappa shape index (κ1) is 13.7. The molecule has 0 bridgehead atoms. The van der Waals surface area contributed by atoms with Crippen LogP contribution in [0.15, 0.2) is 36.4 Å². The lowest BCUT2D eigenvalue weighted by atomic mass is 10.2. The number of aliphatic carboxylic acids is 1. The highest BCUT2D eigenvalue weighted by Gasteiger charge is 1.93. The third-order valence-corrected chi connectivity index (χ3v) is 1.91. The van der Waals surface area contributed by atoms with Crippen LogP contribution in [0.5, 0.6) is 0 Å². The minimum atomic E-state index is -0.675. The quantitative estimate of drug-likeness (QED) is 0.749. The zero-order chi connectivity index (χ0) is 11.4. The molecule has 2 heteroatoms. The summed E-state index contributed by atoms with van der Waals surface area (Å²) in [5.41, 5.74) is 0. The number of benzene rings is 1. The van der Waals surface area contributed by atoms with Crippen molar-refractivity contribution in [1.82, 2.24) is 0 Å². The van der Waals surface area contributed by atoms with Gasteiger partial charge in [0.25, 0.3) is 0 Å². The van der Waals surface area contributed by atoms with Crippen LogP contribution in [0.2, 0.25) is 0 Å². The highest BCUT2D eigenvalue weighted by molar-refractivity contribution is 5.66. The lowest BCUT2D eigenvalue weighted by Crippen LogP contribution is -1.92. The largest absolute Gasteiger partial charge is 0.481 e. The third kappa shape index (κ3) is 12.7. The van der Waals surface area contributed by atoms with Gasteiger partial charge in [-0.25, -0.2) is 0 Å². The van der Waals surface area contributed by atoms with E-state index in [2.05, 4.69) is 6.92 Å². The molecule has 0 aliphatic carbocycles. The molecular weight excluding hydrogens is 188 g/mol. The number of rotatable bonds is 5. The van der Waals surface area contributed by atoms with E-state index in [-0.39, 0.29) is 0 Å². The van der Waals surface area contributed by atoms with Gasteiger partial charge < -0.3 is 5.11 Å². The molecule has 0 radical (unpaired) electrons. The van der Waals surface area contributed by atoms with Crippen LogP contribution in [-0.4, -0.2) is 11.1 Å². The van der Waals surface area contributed by atoms with Gasteiger partial charge in [-0.3, -0.25) is 4.79 Å². The molecule has 0 aliphatic rings. The Hall–Kier alpha value is -1.31. The summed E-state index contributed by atoms with van der Waals surface area (Å²) >= 11 is 0. The van der Waals surface area contributed by atoms with Crippen LogP contribution in [0, 0.1) is 0 Å². The van der Waals surface area contributed by atoms with Crippen molar-refractivity contribution >= 4 is 5.97 Å². The van der Waals surface area contributed by atoms with Gasteiger partial charge in [0.1, 0.15) is 0 Å². The van der Waals surface area contributed by atoms with Crippen LogP contribution in [0.4, 0.5) is 0 Å². The maximum absolute atomic E-state index is 9.96. The summed E-state index contributed by atoms with van der Waals surface area (Å²) in [6.45, 7) is 2.11. The Bertz CT molecular complexity index is 205. The third-order valence-electron chi connectivity index (χ3n) is 1.91. The van der Waals surface area contributed by atoms with Gasteiger partial charge in [0.15, 0.2) is 0 Å². The van der Waals surface area contributed by atoms with Gasteiger partial charge in [0.2, 0.25) is 0 Å². The van der Waals surface area contributed by atoms with E-state index in [4.69, 9.17) is 5.11 Å². The molecule has 1 aromatic carbocycles. The summed E-state index contributed by atoms with van der Waals surface area (Å²) in [5.74, 6) is -0.675. The molecule has 2 nitrogen and oxygen atoms in total. The molecule has 1 N–H and O–H groups in total. The lowest BCUT2D eigenvalue weighted by molar-refractivity contribution is -0.137. The Morgan fingerprint density at radius 3 is 1.73 bits per heavy atom. The molecule has 0 heterocycles. The topological polar surface area (TPSA) is 37.3 Å². The van der Waals surface area contributed by atoms with E-state index < -0.39 is 5.97 Å². The fraction of sp³-hybridized carbons (Fsp3) is 0.462. The Kier molecular flexibility index (Phi) is 9.83. The summed E-state index contributed by atoms with van der Waals surface area (Å²) in [6, 6.07) is 12.0. The molecule has 0 aromatic heterocycles. The van der Waals surface area contributed by atoms with Gasteiger partial charge in [-0.2, -0.15) is 0 Å². The predicted octanol–water partition coefficient (Wildman–Crippen LogP) is 3.73. The monoisotopic (exact) mass is 208 g/mol. The first-order chi connectivity index (χ1) is 7.27. The number of unbranched alkanes of at least 4 members (excludes halogenated alkanes) is 3. The molecule has 0 fully saturated rings. The average Bonchev–Trinajstić information content (AvgIpc) is 2.28. The van der Waals surface area contributed by atoms with Gasteiger partial charge >= 0.3 is 5.97 Å². The Balaban J connectivity index is 0.000000280. The number of carbonyl (C=O) groups is 1. The van der Waals surface area contributed by atoms with E-state index in [0.29, 0.717) is 6.42 Å². The lowest BCUT2D eigenvalue weighted by Gasteiger charge is -1.92. The van der Waals surface area contributed by atoms with Gasteiger partial charge in [-0.05, 0) is 6.42 Å². The van der Waals surface area contributed by atoms with Gasteiger partial charge in [-0.15, -0.1) is 0 Å². The van der Waals surface area contributed by atoms with Crippen molar-refractivity contribution in [3.63, 3.8) is 0 Å². The van der Waals surface area contributed by atoms with Crippen molar-refractivity contribution < 1.29 is 9.90 Å². The molecular formula is C13H20O2. The number of hydrogen-bond donors (Lipinski definition) is 1. The van der Waals surface area contributed by atoms with E-state index in [1.807, 2.05) is 36.4 Å². The highest BCUT2D eigenvalue weighted by Crippen LogP contribution is 2.01. The molecule has 0 saturated heterocycles. The molecule has 15 heavy (non-hydrogen) atoms. The summed E-state index contributed by atoms with van der Waals surface area (Å²) < 4.78 is 0. The van der Waals surface area contributed by atoms with Crippen LogP contribution >= 0.6 is 0 Å². The van der Waals surface area contributed by atoms with Crippen LogP contribution in [0.25, 0.3) is 0 Å². The Morgan fingerprint density at radius 1 is 0.933 bits per heavy atom. The van der Waals surface area contributed by atoms with Crippen molar-refractivity contribution in [1.29, 1.82) is 0 Å². The smallest absolute Gasteiger partial charge is 0.303 e. The van der Waals surface area contributed by atoms with Crippen LogP contribution < -0.4 is 0 Å². The van der Waals surface area contributed by atoms with Gasteiger partial charge in [-0.1, -0.05) is 62.6 Å². The summed E-state index contributed by atoms with van der Waals surface area (Å²) in [4.78, 5) is 9.96. The normalized spacial score (nSPS) is 8.87. The van der Waals surface area contributed by atoms with Crippen molar-refractivity contribution in [2.75, 3.05) is 0 Å².